The molecule has 7 heteroatoms. The molecule has 1 aliphatic heterocycles. The lowest BCUT2D eigenvalue weighted by atomic mass is 10.1. The fourth-order valence-electron chi connectivity index (χ4n) is 3.31. The number of ketones is 1. The van der Waals surface area contributed by atoms with E-state index < -0.39 is 0 Å². The van der Waals surface area contributed by atoms with Gasteiger partial charge in [0.05, 0.1) is 26.9 Å². The summed E-state index contributed by atoms with van der Waals surface area (Å²) in [5.41, 5.74) is 2.14. The number of fused-ring (bicyclic) bond motifs is 1. The molecule has 0 bridgehead atoms. The van der Waals surface area contributed by atoms with Crippen LogP contribution in [-0.2, 0) is 6.61 Å². The highest BCUT2D eigenvalue weighted by molar-refractivity contribution is 9.10. The molecule has 0 unspecified atom stereocenters. The predicted octanol–water partition coefficient (Wildman–Crippen LogP) is 5.67. The molecule has 0 atom stereocenters. The molecule has 164 valence electrons. The molecular weight excluding hydrogens is 476 g/mol. The Labute approximate surface area is 194 Å². The first-order chi connectivity index (χ1) is 15.5. The molecule has 1 aliphatic rings. The predicted molar refractivity (Wildman–Crippen MR) is 124 cm³/mol. The zero-order chi connectivity index (χ0) is 22.7. The fourth-order valence-corrected chi connectivity index (χ4v) is 3.58. The molecule has 0 fully saturated rings. The van der Waals surface area contributed by atoms with E-state index in [0.717, 1.165) is 10.0 Å². The number of halogens is 1. The van der Waals surface area contributed by atoms with E-state index in [9.17, 15) is 4.79 Å². The number of methoxy groups -OCH3 is 3. The Morgan fingerprint density at radius 3 is 2.25 bits per heavy atom. The molecule has 3 aromatic rings. The number of allylic oxidation sites excluding steroid dienone is 1. The molecule has 0 saturated heterocycles. The summed E-state index contributed by atoms with van der Waals surface area (Å²) in [6.45, 7) is 0.408. The molecule has 4 rings (SSSR count). The quantitative estimate of drug-likeness (QED) is 0.392. The fraction of sp³-hybridized carbons (Fsp3) is 0.160. The number of carbonyl (C=O) groups is 1. The van der Waals surface area contributed by atoms with Gasteiger partial charge in [0.25, 0.3) is 0 Å². The maximum Gasteiger partial charge on any atom is 0.231 e. The van der Waals surface area contributed by atoms with Crippen molar-refractivity contribution >= 4 is 27.8 Å². The van der Waals surface area contributed by atoms with Gasteiger partial charge in [0, 0.05) is 22.2 Å². The van der Waals surface area contributed by atoms with Crippen molar-refractivity contribution in [3.8, 4) is 28.7 Å². The van der Waals surface area contributed by atoms with Crippen LogP contribution in [0.4, 0.5) is 0 Å². The summed E-state index contributed by atoms with van der Waals surface area (Å²) in [6, 6.07) is 16.5. The summed E-state index contributed by atoms with van der Waals surface area (Å²) >= 11 is 3.42. The minimum absolute atomic E-state index is 0.190. The largest absolute Gasteiger partial charge is 0.496 e. The molecular formula is C25H21BrO6. The highest BCUT2D eigenvalue weighted by Crippen LogP contribution is 2.39. The lowest BCUT2D eigenvalue weighted by Crippen LogP contribution is -2.00. The van der Waals surface area contributed by atoms with Crippen molar-refractivity contribution in [1.82, 2.24) is 0 Å². The van der Waals surface area contributed by atoms with E-state index in [2.05, 4.69) is 15.9 Å². The third-order valence-corrected chi connectivity index (χ3v) is 5.51. The first kappa shape index (κ1) is 21.8. The van der Waals surface area contributed by atoms with E-state index in [0.29, 0.717) is 46.5 Å². The molecule has 0 aromatic heterocycles. The van der Waals surface area contributed by atoms with Crippen molar-refractivity contribution in [2.75, 3.05) is 21.3 Å². The minimum Gasteiger partial charge on any atom is -0.496 e. The van der Waals surface area contributed by atoms with Gasteiger partial charge in [0.2, 0.25) is 5.78 Å². The highest BCUT2D eigenvalue weighted by Gasteiger charge is 2.28. The van der Waals surface area contributed by atoms with Gasteiger partial charge in [-0.25, -0.2) is 0 Å². The van der Waals surface area contributed by atoms with Crippen molar-refractivity contribution in [1.29, 1.82) is 0 Å². The zero-order valence-corrected chi connectivity index (χ0v) is 19.4. The summed E-state index contributed by atoms with van der Waals surface area (Å²) in [7, 11) is 4.64. The van der Waals surface area contributed by atoms with E-state index in [4.69, 9.17) is 23.7 Å². The third kappa shape index (κ3) is 4.43. The van der Waals surface area contributed by atoms with Crippen molar-refractivity contribution in [2.45, 2.75) is 6.61 Å². The summed E-state index contributed by atoms with van der Waals surface area (Å²) in [4.78, 5) is 12.9. The number of hydrogen-bond acceptors (Lipinski definition) is 6. The molecule has 3 aromatic carbocycles. The van der Waals surface area contributed by atoms with Crippen LogP contribution in [0.2, 0.25) is 0 Å². The van der Waals surface area contributed by atoms with Gasteiger partial charge in [-0.2, -0.15) is 0 Å². The Balaban J connectivity index is 1.56. The summed E-state index contributed by atoms with van der Waals surface area (Å²) in [5.74, 6) is 2.62. The van der Waals surface area contributed by atoms with Gasteiger partial charge in [-0.1, -0.05) is 28.1 Å². The van der Waals surface area contributed by atoms with Crippen LogP contribution < -0.4 is 23.7 Å². The van der Waals surface area contributed by atoms with Gasteiger partial charge in [-0.3, -0.25) is 4.79 Å². The zero-order valence-electron chi connectivity index (χ0n) is 17.8. The summed E-state index contributed by atoms with van der Waals surface area (Å²) in [6.07, 6.45) is 1.63. The normalized spacial score (nSPS) is 13.5. The number of ether oxygens (including phenoxy) is 5. The number of Topliss-reactive ketones (excluding diaryl/α,β-unsaturated/α-hetero) is 1. The maximum atomic E-state index is 12.9. The standard InChI is InChI=1S/C25H21BrO6/c1-28-20-13-23(30-3)22(29-2)10-16(20)11-24-25(27)19-9-8-18(12-21(19)32-24)31-14-15-4-6-17(26)7-5-15/h4-13H,14H2,1-3H3/b24-11-. The van der Waals surface area contributed by atoms with Crippen LogP contribution in [0, 0.1) is 0 Å². The van der Waals surface area contributed by atoms with E-state index in [-0.39, 0.29) is 11.5 Å². The van der Waals surface area contributed by atoms with Gasteiger partial charge in [-0.15, -0.1) is 0 Å². The Bertz CT molecular complexity index is 1180. The summed E-state index contributed by atoms with van der Waals surface area (Å²) in [5, 5.41) is 0. The SMILES string of the molecule is COc1cc(OC)c(OC)cc1/C=C1\Oc2cc(OCc3ccc(Br)cc3)ccc2C1=O. The molecule has 0 radical (unpaired) electrons. The van der Waals surface area contributed by atoms with Crippen LogP contribution in [0.3, 0.4) is 0 Å². The average Bonchev–Trinajstić information content (AvgIpc) is 3.12. The van der Waals surface area contributed by atoms with Crippen LogP contribution >= 0.6 is 15.9 Å². The lowest BCUT2D eigenvalue weighted by molar-refractivity contribution is 0.101. The second-order valence-corrected chi connectivity index (χ2v) is 7.88. The van der Waals surface area contributed by atoms with Gasteiger partial charge < -0.3 is 23.7 Å². The first-order valence-corrected chi connectivity index (χ1v) is 10.6. The first-order valence-electron chi connectivity index (χ1n) is 9.78. The number of carbonyl (C=O) groups excluding carboxylic acids is 1. The molecule has 1 heterocycles. The maximum absolute atomic E-state index is 12.9. The summed E-state index contributed by atoms with van der Waals surface area (Å²) < 4.78 is 28.8. The molecule has 0 aliphatic carbocycles. The molecule has 0 spiro atoms. The Morgan fingerprint density at radius 1 is 0.875 bits per heavy atom. The molecule has 0 amide bonds. The van der Waals surface area contributed by atoms with E-state index in [1.807, 2.05) is 24.3 Å². The van der Waals surface area contributed by atoms with Crippen LogP contribution in [0.15, 0.2) is 64.8 Å². The topological polar surface area (TPSA) is 63.2 Å². The Hall–Kier alpha value is -3.45. The number of rotatable bonds is 7. The van der Waals surface area contributed by atoms with Crippen molar-refractivity contribution in [3.63, 3.8) is 0 Å². The van der Waals surface area contributed by atoms with Crippen molar-refractivity contribution in [2.24, 2.45) is 0 Å². The average molecular weight is 497 g/mol. The Kier molecular flexibility index (Phi) is 6.37. The van der Waals surface area contributed by atoms with Crippen LogP contribution in [0.5, 0.6) is 28.7 Å². The van der Waals surface area contributed by atoms with Gasteiger partial charge in [-0.05, 0) is 42.0 Å². The van der Waals surface area contributed by atoms with Gasteiger partial charge in [0.1, 0.15) is 23.9 Å². The molecule has 6 nitrogen and oxygen atoms in total. The van der Waals surface area contributed by atoms with Crippen LogP contribution in [-0.4, -0.2) is 27.1 Å². The van der Waals surface area contributed by atoms with Crippen LogP contribution in [0.1, 0.15) is 21.5 Å². The Morgan fingerprint density at radius 2 is 1.56 bits per heavy atom. The third-order valence-electron chi connectivity index (χ3n) is 4.98. The van der Waals surface area contributed by atoms with Crippen molar-refractivity contribution < 1.29 is 28.5 Å². The van der Waals surface area contributed by atoms with E-state index in [1.165, 1.54) is 0 Å². The minimum atomic E-state index is -0.212. The van der Waals surface area contributed by atoms with Crippen LogP contribution in [0.25, 0.3) is 6.08 Å². The molecule has 32 heavy (non-hydrogen) atoms. The van der Waals surface area contributed by atoms with Crippen molar-refractivity contribution in [3.05, 3.63) is 81.5 Å². The smallest absolute Gasteiger partial charge is 0.231 e. The second kappa shape index (κ2) is 9.36. The van der Waals surface area contributed by atoms with E-state index >= 15 is 0 Å². The second-order valence-electron chi connectivity index (χ2n) is 6.96. The lowest BCUT2D eigenvalue weighted by Gasteiger charge is -2.12. The van der Waals surface area contributed by atoms with Gasteiger partial charge >= 0.3 is 0 Å². The number of benzene rings is 3. The van der Waals surface area contributed by atoms with E-state index in [1.54, 1.807) is 57.7 Å². The monoisotopic (exact) mass is 496 g/mol. The molecule has 0 saturated carbocycles. The number of hydrogen-bond donors (Lipinski definition) is 0. The van der Waals surface area contributed by atoms with Gasteiger partial charge in [0.15, 0.2) is 17.3 Å². The molecule has 0 N–H and O–H groups in total. The highest BCUT2D eigenvalue weighted by atomic mass is 79.9.